The summed E-state index contributed by atoms with van der Waals surface area (Å²) in [6.45, 7) is 3.12. The molecule has 0 saturated heterocycles. The van der Waals surface area contributed by atoms with Gasteiger partial charge in [-0.2, -0.15) is 0 Å². The summed E-state index contributed by atoms with van der Waals surface area (Å²) < 4.78 is 11.3. The standard InChI is InChI=1S/C24H30O3S.5FH/c1-2-3-7-18-26-22-16-14-20(15-17-22)19-10-12-21(13-11-19)24(25)27-28-23-8-5-4-6-9-23;;;;;/h4-6,8-13,20,22H,2-3,7,14-18H2,1H3;5*1H/p-5. The third-order valence-electron chi connectivity index (χ3n) is 5.35. The monoisotopic (exact) mass is 493 g/mol. The molecule has 0 radical (unpaired) electrons. The van der Waals surface area contributed by atoms with E-state index in [9.17, 15) is 4.79 Å². The van der Waals surface area contributed by atoms with Crippen LogP contribution in [0.25, 0.3) is 0 Å². The summed E-state index contributed by atoms with van der Waals surface area (Å²) in [6.07, 6.45) is 8.69. The minimum Gasteiger partial charge on any atom is -1.00 e. The highest BCUT2D eigenvalue weighted by Crippen LogP contribution is 2.34. The van der Waals surface area contributed by atoms with Crippen molar-refractivity contribution < 1.29 is 37.2 Å². The summed E-state index contributed by atoms with van der Waals surface area (Å²) in [6, 6.07) is 17.6. The Morgan fingerprint density at radius 2 is 1.45 bits per heavy atom. The van der Waals surface area contributed by atoms with Crippen molar-refractivity contribution in [3.63, 3.8) is 0 Å². The summed E-state index contributed by atoms with van der Waals surface area (Å²) in [4.78, 5) is 13.2. The van der Waals surface area contributed by atoms with Crippen LogP contribution in [0.3, 0.4) is 0 Å². The average Bonchev–Trinajstić information content (AvgIpc) is 2.76. The van der Waals surface area contributed by atoms with Crippen LogP contribution in [0.1, 0.15) is 73.7 Å². The summed E-state index contributed by atoms with van der Waals surface area (Å²) in [5.74, 6) is 0.267. The molecule has 1 aliphatic rings. The summed E-state index contributed by atoms with van der Waals surface area (Å²) >= 11 is 1.10. The Kier molecular flexibility index (Phi) is 20.8. The van der Waals surface area contributed by atoms with Crippen molar-refractivity contribution in [1.82, 2.24) is 0 Å². The Balaban J connectivity index is -0.00000180. The van der Waals surface area contributed by atoms with Gasteiger partial charge in [0.15, 0.2) is 0 Å². The fourth-order valence-corrected chi connectivity index (χ4v) is 4.20. The average molecular weight is 494 g/mol. The first-order chi connectivity index (χ1) is 13.8. The van der Waals surface area contributed by atoms with Gasteiger partial charge in [-0.15, -0.1) is 0 Å². The van der Waals surface area contributed by atoms with Crippen molar-refractivity contribution in [3.8, 4) is 0 Å². The number of unbranched alkanes of at least 4 members (excludes halogenated alkanes) is 2. The van der Waals surface area contributed by atoms with Gasteiger partial charge in [-0.25, -0.2) is 4.79 Å². The number of rotatable bonds is 9. The molecule has 33 heavy (non-hydrogen) atoms. The zero-order valence-corrected chi connectivity index (χ0v) is 19.3. The van der Waals surface area contributed by atoms with Crippen LogP contribution in [-0.2, 0) is 8.92 Å². The predicted molar refractivity (Wildman–Crippen MR) is 115 cm³/mol. The number of carbonyl (C=O) groups excluding carboxylic acids is 1. The first-order valence-corrected chi connectivity index (χ1v) is 11.2. The molecule has 1 fully saturated rings. The van der Waals surface area contributed by atoms with Crippen LogP contribution < -0.4 is 23.5 Å². The smallest absolute Gasteiger partial charge is 0.350 e. The Bertz CT molecular complexity index is 727. The molecule has 190 valence electrons. The van der Waals surface area contributed by atoms with Crippen LogP contribution in [0.2, 0.25) is 0 Å². The van der Waals surface area contributed by atoms with E-state index in [1.165, 1.54) is 24.8 Å². The second kappa shape index (κ2) is 19.3. The fourth-order valence-electron chi connectivity index (χ4n) is 3.67. The highest BCUT2D eigenvalue weighted by atomic mass is 32.2. The van der Waals surface area contributed by atoms with E-state index in [-0.39, 0.29) is 29.5 Å². The number of hydrogen-bond acceptors (Lipinski definition) is 4. The maximum Gasteiger partial charge on any atom is 0.350 e. The SMILES string of the molecule is CCCCCOC1CCC(c2ccc(C(=O)OSc3ccccc3)cc2)CC1.[F-].[F-].[F-].[F-].[F-]. The molecule has 3 nitrogen and oxygen atoms in total. The van der Waals surface area contributed by atoms with Gasteiger partial charge in [0, 0.05) is 11.5 Å². The lowest BCUT2D eigenvalue weighted by molar-refractivity contribution is -0.00100. The number of halogens is 5. The van der Waals surface area contributed by atoms with E-state index in [0.29, 0.717) is 17.6 Å². The molecule has 0 N–H and O–H groups in total. The third kappa shape index (κ3) is 11.5. The van der Waals surface area contributed by atoms with E-state index in [1.54, 1.807) is 0 Å². The molecule has 0 heterocycles. The van der Waals surface area contributed by atoms with Gasteiger partial charge in [0.1, 0.15) is 0 Å². The molecule has 0 atom stereocenters. The van der Waals surface area contributed by atoms with Crippen LogP contribution in [-0.4, -0.2) is 18.7 Å². The second-order valence-electron chi connectivity index (χ2n) is 7.44. The van der Waals surface area contributed by atoms with E-state index >= 15 is 0 Å². The largest absolute Gasteiger partial charge is 1.00 e. The van der Waals surface area contributed by atoms with Gasteiger partial charge in [0.2, 0.25) is 0 Å². The van der Waals surface area contributed by atoms with E-state index in [2.05, 4.69) is 19.1 Å². The number of carbonyl (C=O) groups is 1. The van der Waals surface area contributed by atoms with Gasteiger partial charge in [-0.3, -0.25) is 0 Å². The second-order valence-corrected chi connectivity index (χ2v) is 8.25. The Labute approximate surface area is 196 Å². The Morgan fingerprint density at radius 1 is 0.848 bits per heavy atom. The summed E-state index contributed by atoms with van der Waals surface area (Å²) in [5.41, 5.74) is 1.91. The van der Waals surface area contributed by atoms with Gasteiger partial charge in [0.25, 0.3) is 0 Å². The maximum absolute atomic E-state index is 12.2. The summed E-state index contributed by atoms with van der Waals surface area (Å²) in [7, 11) is 0. The number of ether oxygens (including phenoxy) is 1. The molecule has 2 aromatic carbocycles. The first-order valence-electron chi connectivity index (χ1n) is 10.4. The Hall–Kier alpha value is -2.13. The lowest BCUT2D eigenvalue weighted by Gasteiger charge is -2.29. The van der Waals surface area contributed by atoms with Gasteiger partial charge in [-0.05, 0) is 67.9 Å². The van der Waals surface area contributed by atoms with Crippen molar-refractivity contribution in [2.45, 2.75) is 68.8 Å². The predicted octanol–water partition coefficient (Wildman–Crippen LogP) is -8.20. The zero-order valence-electron chi connectivity index (χ0n) is 18.5. The van der Waals surface area contributed by atoms with Gasteiger partial charge >= 0.3 is 5.97 Å². The lowest BCUT2D eigenvalue weighted by atomic mass is 9.82. The van der Waals surface area contributed by atoms with Crippen LogP contribution >= 0.6 is 12.0 Å². The van der Waals surface area contributed by atoms with Crippen LogP contribution in [0.5, 0.6) is 0 Å². The number of hydrogen-bond donors (Lipinski definition) is 0. The molecule has 2 aromatic rings. The fraction of sp³-hybridized carbons (Fsp3) is 0.458. The van der Waals surface area contributed by atoms with Crippen LogP contribution in [0, 0.1) is 0 Å². The highest BCUT2D eigenvalue weighted by molar-refractivity contribution is 7.95. The summed E-state index contributed by atoms with van der Waals surface area (Å²) in [5, 5.41) is 0. The molecule has 0 amide bonds. The van der Waals surface area contributed by atoms with Crippen molar-refractivity contribution in [2.24, 2.45) is 0 Å². The molecule has 3 rings (SSSR count). The van der Waals surface area contributed by atoms with E-state index in [0.717, 1.165) is 49.2 Å². The van der Waals surface area contributed by atoms with E-state index in [4.69, 9.17) is 8.92 Å². The minimum absolute atomic E-state index is 0. The van der Waals surface area contributed by atoms with Crippen LogP contribution in [0.4, 0.5) is 0 Å². The van der Waals surface area contributed by atoms with Gasteiger partial charge in [-0.1, -0.05) is 50.1 Å². The number of benzene rings is 2. The van der Waals surface area contributed by atoms with Crippen molar-refractivity contribution in [3.05, 3.63) is 65.7 Å². The van der Waals surface area contributed by atoms with Crippen molar-refractivity contribution in [2.75, 3.05) is 6.61 Å². The Morgan fingerprint density at radius 3 is 2.03 bits per heavy atom. The van der Waals surface area contributed by atoms with Crippen LogP contribution in [0.15, 0.2) is 59.5 Å². The highest BCUT2D eigenvalue weighted by Gasteiger charge is 2.23. The van der Waals surface area contributed by atoms with E-state index < -0.39 is 0 Å². The normalized spacial score (nSPS) is 16.4. The zero-order chi connectivity index (χ0) is 19.6. The quantitative estimate of drug-likeness (QED) is 0.198. The van der Waals surface area contributed by atoms with Crippen molar-refractivity contribution >= 4 is 18.0 Å². The molecule has 1 saturated carbocycles. The molecule has 0 aromatic heterocycles. The lowest BCUT2D eigenvalue weighted by Crippen LogP contribution is -3.00. The third-order valence-corrected chi connectivity index (χ3v) is 6.05. The molecule has 1 aliphatic carbocycles. The maximum atomic E-state index is 12.2. The first kappa shape index (κ1) is 35.5. The molecule has 9 heteroatoms. The molecule has 0 aliphatic heterocycles. The molecular weight excluding hydrogens is 463 g/mol. The van der Waals surface area contributed by atoms with Gasteiger partial charge in [0.05, 0.1) is 23.7 Å². The van der Waals surface area contributed by atoms with Gasteiger partial charge < -0.3 is 32.4 Å². The minimum atomic E-state index is -0.301. The van der Waals surface area contributed by atoms with Crippen molar-refractivity contribution in [1.29, 1.82) is 0 Å². The topological polar surface area (TPSA) is 35.5 Å². The molecule has 0 bridgehead atoms. The molecule has 0 spiro atoms. The van der Waals surface area contributed by atoms with E-state index in [1.807, 2.05) is 42.5 Å². The molecular formula is C24H30F5O3S-5. The molecule has 0 unspecified atom stereocenters.